The van der Waals surface area contributed by atoms with Crippen molar-refractivity contribution < 1.29 is 28.2 Å². The van der Waals surface area contributed by atoms with E-state index in [0.717, 1.165) is 33.8 Å². The van der Waals surface area contributed by atoms with Crippen molar-refractivity contribution in [3.05, 3.63) is 113 Å². The molecule has 0 fully saturated rings. The zero-order chi connectivity index (χ0) is 33.6. The Morgan fingerprint density at radius 1 is 0.958 bits per heavy atom. The van der Waals surface area contributed by atoms with Crippen molar-refractivity contribution in [2.75, 3.05) is 27.1 Å². The lowest BCUT2D eigenvalue weighted by Crippen LogP contribution is -2.29. The Balaban J connectivity index is 1.29. The van der Waals surface area contributed by atoms with E-state index in [4.69, 9.17) is 23.7 Å². The minimum atomic E-state index is -0.442. The van der Waals surface area contributed by atoms with Crippen molar-refractivity contribution in [2.45, 2.75) is 31.1 Å². The summed E-state index contributed by atoms with van der Waals surface area (Å²) in [5, 5.41) is 18.5. The van der Waals surface area contributed by atoms with Crippen LogP contribution < -0.4 is 19.5 Å². The first kappa shape index (κ1) is 32.4. The maximum Gasteiger partial charge on any atom is 0.287 e. The highest BCUT2D eigenvalue weighted by atomic mass is 32.2. The molecular formula is C35H34N6O6S. The molecule has 246 valence electrons. The van der Waals surface area contributed by atoms with Crippen LogP contribution in [0.1, 0.15) is 45.5 Å². The summed E-state index contributed by atoms with van der Waals surface area (Å²) < 4.78 is 23.7. The summed E-state index contributed by atoms with van der Waals surface area (Å²) in [7, 11) is 4.78. The number of para-hydroxylation sites is 1. The van der Waals surface area contributed by atoms with Gasteiger partial charge in [0.25, 0.3) is 11.8 Å². The van der Waals surface area contributed by atoms with Gasteiger partial charge in [-0.1, -0.05) is 36.0 Å². The summed E-state index contributed by atoms with van der Waals surface area (Å²) in [6.45, 7) is 2.08. The van der Waals surface area contributed by atoms with Gasteiger partial charge in [-0.3, -0.25) is 14.2 Å². The Morgan fingerprint density at radius 3 is 2.48 bits per heavy atom. The summed E-state index contributed by atoms with van der Waals surface area (Å²) >= 11 is 1.24. The zero-order valence-electron chi connectivity index (χ0n) is 26.9. The average molecular weight is 667 g/mol. The van der Waals surface area contributed by atoms with E-state index in [1.165, 1.54) is 23.0 Å². The topological polar surface area (TPSA) is 133 Å². The number of amides is 2. The first-order valence-electron chi connectivity index (χ1n) is 15.1. The van der Waals surface area contributed by atoms with Crippen LogP contribution in [-0.4, -0.2) is 64.4 Å². The minimum Gasteiger partial charge on any atom is -0.497 e. The number of furan rings is 1. The number of carbonyl (C=O) groups excluding carboxylic acids is 2. The molecule has 12 nitrogen and oxygen atoms in total. The Bertz CT molecular complexity index is 1940. The standard InChI is InChI=1S/C35H34N6O6S/c1-22-8-5-9-24(18-22)40-31(20-36-34(43)30-12-7-17-47-30)37-38-35(40)48-21-32(42)41-28(26-10-6-11-29(45-3)33(26)46-4)19-27(39-41)23-13-15-25(44-2)16-14-23/h5-18,28H,19-21H2,1-4H3,(H,36,43)/t28-/m0/s1. The second-order valence-corrected chi connectivity index (χ2v) is 11.8. The molecule has 6 rings (SSSR count). The molecule has 2 amide bonds. The average Bonchev–Trinajstić information content (AvgIpc) is 3.90. The molecule has 1 atom stereocenters. The van der Waals surface area contributed by atoms with Crippen LogP contribution in [0.15, 0.2) is 99.8 Å². The van der Waals surface area contributed by atoms with E-state index < -0.39 is 6.04 Å². The van der Waals surface area contributed by atoms with Crippen molar-refractivity contribution in [3.63, 3.8) is 0 Å². The first-order valence-corrected chi connectivity index (χ1v) is 16.1. The summed E-state index contributed by atoms with van der Waals surface area (Å²) in [6.07, 6.45) is 1.90. The van der Waals surface area contributed by atoms with Gasteiger partial charge in [-0.2, -0.15) is 5.10 Å². The number of carbonyl (C=O) groups is 2. The predicted octanol–water partition coefficient (Wildman–Crippen LogP) is 5.59. The number of hydrogen-bond acceptors (Lipinski definition) is 10. The predicted molar refractivity (Wildman–Crippen MR) is 180 cm³/mol. The molecule has 0 saturated carbocycles. The van der Waals surface area contributed by atoms with Crippen molar-refractivity contribution in [2.24, 2.45) is 5.10 Å². The fourth-order valence-corrected chi connectivity index (χ4v) is 6.32. The number of aromatic nitrogens is 3. The molecule has 0 aliphatic carbocycles. The molecule has 0 radical (unpaired) electrons. The molecule has 0 unspecified atom stereocenters. The van der Waals surface area contributed by atoms with Gasteiger partial charge < -0.3 is 23.9 Å². The molecule has 2 aromatic heterocycles. The molecule has 1 aliphatic heterocycles. The van der Waals surface area contributed by atoms with Gasteiger partial charge >= 0.3 is 0 Å². The second-order valence-electron chi connectivity index (χ2n) is 10.8. The molecule has 0 saturated heterocycles. The van der Waals surface area contributed by atoms with Gasteiger partial charge in [-0.15, -0.1) is 10.2 Å². The smallest absolute Gasteiger partial charge is 0.287 e. The number of rotatable bonds is 12. The Morgan fingerprint density at radius 2 is 1.77 bits per heavy atom. The van der Waals surface area contributed by atoms with E-state index in [-0.39, 0.29) is 29.9 Å². The highest BCUT2D eigenvalue weighted by Gasteiger charge is 2.36. The number of benzene rings is 3. The molecule has 0 bridgehead atoms. The van der Waals surface area contributed by atoms with Crippen LogP contribution in [0.2, 0.25) is 0 Å². The second kappa shape index (κ2) is 14.5. The van der Waals surface area contributed by atoms with Crippen molar-refractivity contribution in [3.8, 4) is 22.9 Å². The van der Waals surface area contributed by atoms with Crippen LogP contribution in [0, 0.1) is 6.92 Å². The van der Waals surface area contributed by atoms with Gasteiger partial charge in [-0.05, 0) is 72.6 Å². The van der Waals surface area contributed by atoms with Crippen LogP contribution in [0.3, 0.4) is 0 Å². The number of aryl methyl sites for hydroxylation is 1. The largest absolute Gasteiger partial charge is 0.497 e. The molecule has 0 spiro atoms. The van der Waals surface area contributed by atoms with Gasteiger partial charge in [0.15, 0.2) is 28.2 Å². The van der Waals surface area contributed by atoms with Crippen molar-refractivity contribution >= 4 is 29.3 Å². The summed E-state index contributed by atoms with van der Waals surface area (Å²) in [6, 6.07) is 23.8. The quantitative estimate of drug-likeness (QED) is 0.169. The minimum absolute atomic E-state index is 0.0187. The first-order chi connectivity index (χ1) is 23.4. The van der Waals surface area contributed by atoms with Crippen molar-refractivity contribution in [1.82, 2.24) is 25.1 Å². The fraction of sp³-hybridized carbons (Fsp3) is 0.229. The van der Waals surface area contributed by atoms with Gasteiger partial charge in [0.2, 0.25) is 0 Å². The monoisotopic (exact) mass is 666 g/mol. The zero-order valence-corrected chi connectivity index (χ0v) is 27.7. The molecule has 3 aromatic carbocycles. The van der Waals surface area contributed by atoms with Gasteiger partial charge in [0, 0.05) is 17.7 Å². The van der Waals surface area contributed by atoms with E-state index in [0.29, 0.717) is 28.9 Å². The number of methoxy groups -OCH3 is 3. The number of hydrogen-bond donors (Lipinski definition) is 1. The lowest BCUT2D eigenvalue weighted by molar-refractivity contribution is -0.130. The SMILES string of the molecule is COc1ccc(C2=NN(C(=O)CSc3nnc(CNC(=O)c4ccco4)n3-c3cccc(C)c3)[C@H](c3cccc(OC)c3OC)C2)cc1. The van der Waals surface area contributed by atoms with Crippen LogP contribution in [0.4, 0.5) is 0 Å². The number of thioether (sulfide) groups is 1. The molecule has 3 heterocycles. The Kier molecular flexibility index (Phi) is 9.76. The lowest BCUT2D eigenvalue weighted by Gasteiger charge is -2.24. The molecule has 1 aliphatic rings. The molecule has 48 heavy (non-hydrogen) atoms. The van der Waals surface area contributed by atoms with Crippen LogP contribution in [0.5, 0.6) is 17.2 Å². The van der Waals surface area contributed by atoms with E-state index >= 15 is 0 Å². The van der Waals surface area contributed by atoms with E-state index in [1.807, 2.05) is 78.2 Å². The van der Waals surface area contributed by atoms with Crippen LogP contribution >= 0.6 is 11.8 Å². The van der Waals surface area contributed by atoms with Crippen LogP contribution in [0.25, 0.3) is 5.69 Å². The fourth-order valence-electron chi connectivity index (χ4n) is 5.50. The third kappa shape index (κ3) is 6.76. The molecule has 5 aromatic rings. The molecule has 13 heteroatoms. The highest BCUT2D eigenvalue weighted by Crippen LogP contribution is 2.42. The normalized spacial score (nSPS) is 14.0. The number of nitrogens with one attached hydrogen (secondary N) is 1. The molecule has 1 N–H and O–H groups in total. The number of ether oxygens (including phenoxy) is 3. The van der Waals surface area contributed by atoms with Gasteiger partial charge in [0.1, 0.15) is 5.75 Å². The summed E-state index contributed by atoms with van der Waals surface area (Å²) in [5.41, 5.74) is 4.25. The van der Waals surface area contributed by atoms with Crippen LogP contribution in [-0.2, 0) is 11.3 Å². The van der Waals surface area contributed by atoms with Gasteiger partial charge in [0.05, 0.1) is 51.6 Å². The van der Waals surface area contributed by atoms with Crippen molar-refractivity contribution in [1.29, 1.82) is 0 Å². The lowest BCUT2D eigenvalue weighted by atomic mass is 9.97. The summed E-state index contributed by atoms with van der Waals surface area (Å²) in [4.78, 5) is 26.7. The maximum absolute atomic E-state index is 14.1. The third-order valence-corrected chi connectivity index (χ3v) is 8.73. The summed E-state index contributed by atoms with van der Waals surface area (Å²) in [5.74, 6) is 1.94. The Labute approximate surface area is 281 Å². The third-order valence-electron chi connectivity index (χ3n) is 7.82. The van der Waals surface area contributed by atoms with E-state index in [1.54, 1.807) is 33.5 Å². The van der Waals surface area contributed by atoms with Gasteiger partial charge in [-0.25, -0.2) is 5.01 Å². The van der Waals surface area contributed by atoms with E-state index in [9.17, 15) is 9.59 Å². The highest BCUT2D eigenvalue weighted by molar-refractivity contribution is 7.99. The maximum atomic E-state index is 14.1. The molecular weight excluding hydrogens is 632 g/mol. The van der Waals surface area contributed by atoms with E-state index in [2.05, 4.69) is 15.5 Å². The number of hydrazone groups is 1. The Hall–Kier alpha value is -5.56. The number of nitrogens with zero attached hydrogens (tertiary/aromatic N) is 5.